The number of hydrogen-bond donors (Lipinski definition) is 3. The molecule has 0 aromatic heterocycles. The summed E-state index contributed by atoms with van der Waals surface area (Å²) in [5, 5.41) is 11.5. The number of nitrogens with zero attached hydrogens (tertiary/aromatic N) is 2. The first-order valence-electron chi connectivity index (χ1n) is 15.2. The first-order chi connectivity index (χ1) is 20.6. The number of ether oxygens (including phenoxy) is 1. The fourth-order valence-corrected chi connectivity index (χ4v) is 7.25. The van der Waals surface area contributed by atoms with Crippen molar-refractivity contribution >= 4 is 15.9 Å². The molecule has 10 heteroatoms. The van der Waals surface area contributed by atoms with Gasteiger partial charge in [-0.1, -0.05) is 69.2 Å². The number of sulfonamides is 1. The van der Waals surface area contributed by atoms with Crippen LogP contribution in [0.3, 0.4) is 0 Å². The van der Waals surface area contributed by atoms with E-state index < -0.39 is 21.8 Å². The third kappa shape index (κ3) is 7.15. The summed E-state index contributed by atoms with van der Waals surface area (Å²) >= 11 is 0. The van der Waals surface area contributed by atoms with Crippen molar-refractivity contribution in [2.45, 2.75) is 102 Å². The van der Waals surface area contributed by atoms with Crippen LogP contribution in [0, 0.1) is 0 Å². The number of unbranched alkanes of at least 4 members (excludes halogenated alkanes) is 1. The van der Waals surface area contributed by atoms with Crippen LogP contribution in [0.1, 0.15) is 83.8 Å². The molecule has 2 aliphatic rings. The fourth-order valence-electron chi connectivity index (χ4n) is 5.93. The molecule has 1 heterocycles. The lowest BCUT2D eigenvalue weighted by molar-refractivity contribution is 0.00293. The van der Waals surface area contributed by atoms with Crippen LogP contribution in [0.15, 0.2) is 76.0 Å². The molecule has 1 fully saturated rings. The second-order valence-electron chi connectivity index (χ2n) is 11.5. The van der Waals surface area contributed by atoms with Gasteiger partial charge in [-0.2, -0.15) is 5.90 Å². The average molecular weight is 611 g/mol. The van der Waals surface area contributed by atoms with Gasteiger partial charge in [-0.05, 0) is 62.8 Å². The number of aliphatic hydroxyl groups excluding tert-OH is 1. The van der Waals surface area contributed by atoms with Crippen molar-refractivity contribution in [2.75, 3.05) is 6.61 Å². The third-order valence-electron chi connectivity index (χ3n) is 8.55. The van der Waals surface area contributed by atoms with E-state index in [1.54, 1.807) is 32.0 Å². The van der Waals surface area contributed by atoms with Crippen molar-refractivity contribution in [2.24, 2.45) is 10.9 Å². The largest absolute Gasteiger partial charge is 0.416 e. The molecule has 4 N–H and O–H groups in total. The topological polar surface area (TPSA) is 126 Å². The molecule has 1 aliphatic carbocycles. The zero-order valence-corrected chi connectivity index (χ0v) is 26.7. The van der Waals surface area contributed by atoms with Gasteiger partial charge in [-0.15, -0.1) is 0 Å². The molecule has 4 rings (SSSR count). The number of benzene rings is 2. The lowest BCUT2D eigenvalue weighted by atomic mass is 9.95. The summed E-state index contributed by atoms with van der Waals surface area (Å²) < 4.78 is 35.6. The normalized spacial score (nSPS) is 18.5. The first kappa shape index (κ1) is 32.7. The molecular formula is C33H46N4O5S. The van der Waals surface area contributed by atoms with Gasteiger partial charge in [0.15, 0.2) is 6.23 Å². The van der Waals surface area contributed by atoms with E-state index in [0.717, 1.165) is 67.5 Å². The number of rotatable bonds is 14. The van der Waals surface area contributed by atoms with Crippen molar-refractivity contribution in [3.63, 3.8) is 0 Å². The van der Waals surface area contributed by atoms with Crippen LogP contribution in [0.4, 0.5) is 0 Å². The predicted molar refractivity (Wildman–Crippen MR) is 170 cm³/mol. The molecule has 1 spiro atoms. The van der Waals surface area contributed by atoms with Crippen LogP contribution in [0.2, 0.25) is 0 Å². The van der Waals surface area contributed by atoms with Gasteiger partial charge in [0.2, 0.25) is 0 Å². The molecule has 1 saturated carbocycles. The van der Waals surface area contributed by atoms with Crippen molar-refractivity contribution in [3.8, 4) is 11.1 Å². The maximum atomic E-state index is 13.6. The van der Waals surface area contributed by atoms with Gasteiger partial charge in [0, 0.05) is 36.4 Å². The zero-order valence-electron chi connectivity index (χ0n) is 25.9. The van der Waals surface area contributed by atoms with E-state index in [0.29, 0.717) is 36.7 Å². The van der Waals surface area contributed by atoms with Gasteiger partial charge in [-0.25, -0.2) is 8.42 Å². The summed E-state index contributed by atoms with van der Waals surface area (Å²) in [6.07, 6.45) is 6.27. The molecule has 234 valence electrons. The molecule has 9 nitrogen and oxygen atoms in total. The summed E-state index contributed by atoms with van der Waals surface area (Å²) in [5.74, 6) is 6.60. The maximum Gasteiger partial charge on any atom is 0.262 e. The summed E-state index contributed by atoms with van der Waals surface area (Å²) in [4.78, 5) is 12.1. The Morgan fingerprint density at radius 3 is 2.56 bits per heavy atom. The Morgan fingerprint density at radius 1 is 1.16 bits per heavy atom. The number of aliphatic imine (C=N–C) groups is 1. The van der Waals surface area contributed by atoms with Gasteiger partial charge in [0.1, 0.15) is 17.1 Å². The van der Waals surface area contributed by atoms with E-state index in [2.05, 4.69) is 29.2 Å². The smallest absolute Gasteiger partial charge is 0.262 e. The standard InChI is InChI=1S/C33H46N4O5S/c1-6-8-15-31-35-33(18-11-12-19-33)32(38)37(31)21-26-16-17-28(27(20-26)22-41-7-2)29-13-9-10-14-30(29)43(39,40)36-24(4)23(3)25(5)42-34/h9-10,13-14,16-17,20,32,36,38H,4,6-8,11-12,15,18-19,21-22,34H2,1-3,5H3/b25-23-. The Morgan fingerprint density at radius 2 is 1.88 bits per heavy atom. The number of amidine groups is 1. The van der Waals surface area contributed by atoms with E-state index >= 15 is 0 Å². The van der Waals surface area contributed by atoms with Crippen LogP contribution < -0.4 is 10.6 Å². The van der Waals surface area contributed by atoms with E-state index in [4.69, 9.17) is 20.5 Å². The van der Waals surface area contributed by atoms with E-state index in [1.807, 2.05) is 25.1 Å². The monoisotopic (exact) mass is 610 g/mol. The third-order valence-corrected chi connectivity index (χ3v) is 10.00. The lowest BCUT2D eigenvalue weighted by Gasteiger charge is -2.31. The molecule has 2 aromatic rings. The van der Waals surface area contributed by atoms with Crippen LogP contribution >= 0.6 is 0 Å². The van der Waals surface area contributed by atoms with E-state index in [-0.39, 0.29) is 10.6 Å². The van der Waals surface area contributed by atoms with Crippen molar-refractivity contribution in [1.82, 2.24) is 9.62 Å². The van der Waals surface area contributed by atoms with Crippen LogP contribution in [-0.4, -0.2) is 42.6 Å². The SMILES string of the molecule is C=C(NS(=O)(=O)c1ccccc1-c1ccc(CN2C(CCCC)=NC3(CCCC3)C2O)cc1COCC)/C(C)=C(/C)ON. The summed E-state index contributed by atoms with van der Waals surface area (Å²) in [6.45, 7) is 12.6. The number of allylic oxidation sites excluding steroid dienone is 2. The summed E-state index contributed by atoms with van der Waals surface area (Å²) in [6, 6.07) is 12.9. The first-order valence-corrected chi connectivity index (χ1v) is 16.6. The highest BCUT2D eigenvalue weighted by Crippen LogP contribution is 2.43. The quantitative estimate of drug-likeness (QED) is 0.138. The van der Waals surface area contributed by atoms with Crippen molar-refractivity contribution < 1.29 is 23.1 Å². The van der Waals surface area contributed by atoms with Gasteiger partial charge >= 0.3 is 0 Å². The summed E-state index contributed by atoms with van der Waals surface area (Å²) in [5.41, 5.74) is 3.44. The molecule has 1 aliphatic heterocycles. The molecule has 0 amide bonds. The molecule has 1 atom stereocenters. The Bertz CT molecular complexity index is 1480. The Balaban J connectivity index is 1.68. The highest BCUT2D eigenvalue weighted by atomic mass is 32.2. The van der Waals surface area contributed by atoms with E-state index in [9.17, 15) is 13.5 Å². The molecule has 0 saturated heterocycles. The van der Waals surface area contributed by atoms with Crippen molar-refractivity contribution in [3.05, 3.63) is 77.2 Å². The van der Waals surface area contributed by atoms with Crippen LogP contribution in [0.5, 0.6) is 0 Å². The minimum atomic E-state index is -4.01. The number of nitrogens with two attached hydrogens (primary N) is 1. The van der Waals surface area contributed by atoms with Gasteiger partial charge in [-0.3, -0.25) is 9.71 Å². The van der Waals surface area contributed by atoms with Gasteiger partial charge in [0.05, 0.1) is 11.5 Å². The Labute approximate surface area is 256 Å². The van der Waals surface area contributed by atoms with Crippen LogP contribution in [-0.2, 0) is 32.7 Å². The highest BCUT2D eigenvalue weighted by molar-refractivity contribution is 7.89. The number of aliphatic hydroxyl groups is 1. The molecule has 43 heavy (non-hydrogen) atoms. The molecule has 0 radical (unpaired) electrons. The van der Waals surface area contributed by atoms with E-state index in [1.165, 1.54) is 0 Å². The molecule has 1 unspecified atom stereocenters. The van der Waals surface area contributed by atoms with Gasteiger partial charge in [0.25, 0.3) is 10.0 Å². The van der Waals surface area contributed by atoms with Gasteiger partial charge < -0.3 is 19.6 Å². The predicted octanol–water partition coefficient (Wildman–Crippen LogP) is 5.90. The molecule has 0 bridgehead atoms. The number of hydrogen-bond acceptors (Lipinski definition) is 8. The van der Waals surface area contributed by atoms with Crippen molar-refractivity contribution in [1.29, 1.82) is 0 Å². The Hall–Kier alpha value is -3.18. The second kappa shape index (κ2) is 14.1. The summed E-state index contributed by atoms with van der Waals surface area (Å²) in [7, 11) is -4.01. The maximum absolute atomic E-state index is 13.6. The molecule has 2 aromatic carbocycles. The average Bonchev–Trinajstić information content (AvgIpc) is 3.58. The lowest BCUT2D eigenvalue weighted by Crippen LogP contribution is -2.45. The minimum Gasteiger partial charge on any atom is -0.416 e. The minimum absolute atomic E-state index is 0.118. The molecular weight excluding hydrogens is 564 g/mol. The Kier molecular flexibility index (Phi) is 10.7. The fraction of sp³-hybridized carbons (Fsp3) is 0.485. The number of nitrogens with one attached hydrogen (secondary N) is 1. The highest BCUT2D eigenvalue weighted by Gasteiger charge is 2.49. The zero-order chi connectivity index (χ0) is 31.2. The van der Waals surface area contributed by atoms with Crippen LogP contribution in [0.25, 0.3) is 11.1 Å². The second-order valence-corrected chi connectivity index (χ2v) is 13.1.